The first-order valence-electron chi connectivity index (χ1n) is 6.88. The van der Waals surface area contributed by atoms with Crippen LogP contribution in [0, 0.1) is 0 Å². The summed E-state index contributed by atoms with van der Waals surface area (Å²) in [6, 6.07) is 5.09. The summed E-state index contributed by atoms with van der Waals surface area (Å²) >= 11 is 0. The largest absolute Gasteiger partial charge is 0.477 e. The number of likely N-dealkylation sites (tertiary alicyclic amines) is 1. The summed E-state index contributed by atoms with van der Waals surface area (Å²) in [4.78, 5) is 17.4. The van der Waals surface area contributed by atoms with E-state index in [-0.39, 0.29) is 5.69 Å². The Bertz CT molecular complexity index is 417. The maximum atomic E-state index is 10.8. The summed E-state index contributed by atoms with van der Waals surface area (Å²) in [5.74, 6) is -0.976. The van der Waals surface area contributed by atoms with E-state index in [1.807, 2.05) is 6.07 Å². The second-order valence-electron chi connectivity index (χ2n) is 4.90. The molecule has 1 aliphatic heterocycles. The van der Waals surface area contributed by atoms with Gasteiger partial charge >= 0.3 is 5.97 Å². The van der Waals surface area contributed by atoms with E-state index >= 15 is 0 Å². The third-order valence-electron chi connectivity index (χ3n) is 3.36. The van der Waals surface area contributed by atoms with Gasteiger partial charge in [0.2, 0.25) is 0 Å². The lowest BCUT2D eigenvalue weighted by Gasteiger charge is -2.14. The summed E-state index contributed by atoms with van der Waals surface area (Å²) < 4.78 is 0. The molecule has 0 atom stereocenters. The molecule has 0 aliphatic carbocycles. The number of aromatic nitrogens is 1. The summed E-state index contributed by atoms with van der Waals surface area (Å²) in [6.45, 7) is 5.19. The van der Waals surface area contributed by atoms with Crippen molar-refractivity contribution >= 4 is 5.97 Å². The Labute approximate surface area is 113 Å². The maximum absolute atomic E-state index is 10.8. The lowest BCUT2D eigenvalue weighted by atomic mass is 10.3. The van der Waals surface area contributed by atoms with E-state index in [1.165, 1.54) is 32.0 Å². The van der Waals surface area contributed by atoms with Gasteiger partial charge in [0.1, 0.15) is 5.69 Å². The molecule has 0 bridgehead atoms. The van der Waals surface area contributed by atoms with Crippen LogP contribution in [0.4, 0.5) is 0 Å². The van der Waals surface area contributed by atoms with Crippen LogP contribution in [0.3, 0.4) is 0 Å². The zero-order chi connectivity index (χ0) is 13.5. The molecular formula is C14H21N3O2. The average Bonchev–Trinajstić information content (AvgIpc) is 2.92. The molecule has 2 rings (SSSR count). The summed E-state index contributed by atoms with van der Waals surface area (Å²) in [5.41, 5.74) is 0.887. The quantitative estimate of drug-likeness (QED) is 0.727. The molecule has 2 N–H and O–H groups in total. The highest BCUT2D eigenvalue weighted by Gasteiger charge is 2.10. The minimum absolute atomic E-state index is 0.108. The highest BCUT2D eigenvalue weighted by molar-refractivity contribution is 5.85. The SMILES string of the molecule is O=C(O)c1cccc(CNCCCN2CCCC2)n1. The second-order valence-corrected chi connectivity index (χ2v) is 4.90. The van der Waals surface area contributed by atoms with Crippen molar-refractivity contribution in [3.63, 3.8) is 0 Å². The monoisotopic (exact) mass is 263 g/mol. The number of rotatable bonds is 7. The summed E-state index contributed by atoms with van der Waals surface area (Å²) in [7, 11) is 0. The number of hydrogen-bond acceptors (Lipinski definition) is 4. The van der Waals surface area contributed by atoms with Crippen LogP contribution in [-0.4, -0.2) is 47.1 Å². The first-order chi connectivity index (χ1) is 9.25. The maximum Gasteiger partial charge on any atom is 0.354 e. The van der Waals surface area contributed by atoms with E-state index in [4.69, 9.17) is 5.11 Å². The molecular weight excluding hydrogens is 242 g/mol. The minimum atomic E-state index is -0.976. The number of carboxylic acids is 1. The van der Waals surface area contributed by atoms with E-state index in [0.29, 0.717) is 6.54 Å². The van der Waals surface area contributed by atoms with Crippen molar-refractivity contribution in [2.45, 2.75) is 25.8 Å². The van der Waals surface area contributed by atoms with Crippen LogP contribution < -0.4 is 5.32 Å². The first kappa shape index (κ1) is 14.0. The van der Waals surface area contributed by atoms with E-state index in [1.54, 1.807) is 6.07 Å². The molecule has 19 heavy (non-hydrogen) atoms. The Morgan fingerprint density at radius 3 is 2.89 bits per heavy atom. The molecule has 1 fully saturated rings. The predicted molar refractivity (Wildman–Crippen MR) is 73.2 cm³/mol. The standard InChI is InChI=1S/C14H21N3O2/c18-14(19)13-6-3-5-12(16-13)11-15-7-4-10-17-8-1-2-9-17/h3,5-6,15H,1-2,4,7-11H2,(H,18,19). The molecule has 104 valence electrons. The van der Waals surface area contributed by atoms with Crippen LogP contribution in [0.15, 0.2) is 18.2 Å². The lowest BCUT2D eigenvalue weighted by Crippen LogP contribution is -2.25. The van der Waals surface area contributed by atoms with Gasteiger partial charge in [0.15, 0.2) is 0 Å². The van der Waals surface area contributed by atoms with Crippen LogP contribution in [0.1, 0.15) is 35.4 Å². The molecule has 5 heteroatoms. The van der Waals surface area contributed by atoms with Gasteiger partial charge in [-0.1, -0.05) is 6.07 Å². The molecule has 1 aromatic rings. The number of nitrogens with one attached hydrogen (secondary N) is 1. The average molecular weight is 263 g/mol. The van der Waals surface area contributed by atoms with Crippen molar-refractivity contribution in [1.29, 1.82) is 0 Å². The fourth-order valence-corrected chi connectivity index (χ4v) is 2.35. The molecule has 1 aliphatic rings. The van der Waals surface area contributed by atoms with Gasteiger partial charge < -0.3 is 15.3 Å². The number of carboxylic acid groups (broad SMARTS) is 1. The van der Waals surface area contributed by atoms with E-state index in [0.717, 1.165) is 25.2 Å². The third kappa shape index (κ3) is 4.61. The molecule has 0 radical (unpaired) electrons. The lowest BCUT2D eigenvalue weighted by molar-refractivity contribution is 0.0690. The molecule has 1 saturated heterocycles. The Hall–Kier alpha value is -1.46. The molecule has 0 amide bonds. The van der Waals surface area contributed by atoms with Gasteiger partial charge in [0, 0.05) is 6.54 Å². The fourth-order valence-electron chi connectivity index (χ4n) is 2.35. The topological polar surface area (TPSA) is 65.5 Å². The number of pyridine rings is 1. The minimum Gasteiger partial charge on any atom is -0.477 e. The van der Waals surface area contributed by atoms with Gasteiger partial charge in [0.05, 0.1) is 5.69 Å². The van der Waals surface area contributed by atoms with Crippen LogP contribution in [-0.2, 0) is 6.54 Å². The van der Waals surface area contributed by atoms with Crippen molar-refractivity contribution in [3.05, 3.63) is 29.6 Å². The Kier molecular flexibility index (Phi) is 5.30. The van der Waals surface area contributed by atoms with Crippen molar-refractivity contribution in [1.82, 2.24) is 15.2 Å². The smallest absolute Gasteiger partial charge is 0.354 e. The number of nitrogens with zero attached hydrogens (tertiary/aromatic N) is 2. The fraction of sp³-hybridized carbons (Fsp3) is 0.571. The van der Waals surface area contributed by atoms with Crippen LogP contribution in [0.25, 0.3) is 0 Å². The highest BCUT2D eigenvalue weighted by Crippen LogP contribution is 2.07. The summed E-state index contributed by atoms with van der Waals surface area (Å²) in [6.07, 6.45) is 3.79. The normalized spacial score (nSPS) is 15.8. The predicted octanol–water partition coefficient (Wildman–Crippen LogP) is 1.36. The van der Waals surface area contributed by atoms with E-state index < -0.39 is 5.97 Å². The number of hydrogen-bond donors (Lipinski definition) is 2. The molecule has 0 saturated carbocycles. The van der Waals surface area contributed by atoms with Crippen molar-refractivity contribution in [3.8, 4) is 0 Å². The van der Waals surface area contributed by atoms with Gasteiger partial charge in [-0.05, 0) is 57.6 Å². The van der Waals surface area contributed by atoms with Gasteiger partial charge in [0.25, 0.3) is 0 Å². The first-order valence-corrected chi connectivity index (χ1v) is 6.88. The van der Waals surface area contributed by atoms with Crippen molar-refractivity contribution in [2.75, 3.05) is 26.2 Å². The van der Waals surface area contributed by atoms with Crippen molar-refractivity contribution in [2.24, 2.45) is 0 Å². The van der Waals surface area contributed by atoms with E-state index in [2.05, 4.69) is 15.2 Å². The van der Waals surface area contributed by atoms with Gasteiger partial charge in [-0.2, -0.15) is 0 Å². The second kappa shape index (κ2) is 7.21. The zero-order valence-electron chi connectivity index (χ0n) is 11.1. The van der Waals surface area contributed by atoms with Crippen LogP contribution >= 0.6 is 0 Å². The van der Waals surface area contributed by atoms with Crippen molar-refractivity contribution < 1.29 is 9.90 Å². The molecule has 0 unspecified atom stereocenters. The van der Waals surface area contributed by atoms with Crippen LogP contribution in [0.2, 0.25) is 0 Å². The molecule has 5 nitrogen and oxygen atoms in total. The van der Waals surface area contributed by atoms with Gasteiger partial charge in [-0.3, -0.25) is 0 Å². The molecule has 0 aromatic carbocycles. The number of aromatic carboxylic acids is 1. The zero-order valence-corrected chi connectivity index (χ0v) is 11.1. The van der Waals surface area contributed by atoms with Crippen LogP contribution in [0.5, 0.6) is 0 Å². The Morgan fingerprint density at radius 1 is 1.37 bits per heavy atom. The molecule has 2 heterocycles. The number of carbonyl (C=O) groups is 1. The highest BCUT2D eigenvalue weighted by atomic mass is 16.4. The van der Waals surface area contributed by atoms with Gasteiger partial charge in [-0.25, -0.2) is 9.78 Å². The van der Waals surface area contributed by atoms with Gasteiger partial charge in [-0.15, -0.1) is 0 Å². The summed E-state index contributed by atoms with van der Waals surface area (Å²) in [5, 5.41) is 12.2. The van der Waals surface area contributed by atoms with E-state index in [9.17, 15) is 4.79 Å². The molecule has 1 aromatic heterocycles. The third-order valence-corrected chi connectivity index (χ3v) is 3.36. The Morgan fingerprint density at radius 2 is 2.16 bits per heavy atom. The molecule has 0 spiro atoms. The Balaban J connectivity index is 1.64.